The summed E-state index contributed by atoms with van der Waals surface area (Å²) < 4.78 is 19.4. The van der Waals surface area contributed by atoms with Crippen molar-refractivity contribution in [3.63, 3.8) is 0 Å². The van der Waals surface area contributed by atoms with E-state index in [0.29, 0.717) is 25.3 Å². The number of ether oxygens (including phenoxy) is 4. The molecular formula is C40H72N2O16. The monoisotopic (exact) mass is 836 g/mol. The van der Waals surface area contributed by atoms with E-state index in [1.165, 1.54) is 6.92 Å². The molecule has 3 saturated carbocycles. The fraction of sp³-hybridized carbons (Fsp3) is 0.825. The van der Waals surface area contributed by atoms with Crippen LogP contribution in [-0.4, -0.2) is 136 Å². The van der Waals surface area contributed by atoms with Crippen LogP contribution in [0.3, 0.4) is 0 Å². The molecule has 0 bridgehead atoms. The Labute approximate surface area is 343 Å². The van der Waals surface area contributed by atoms with Gasteiger partial charge in [-0.2, -0.15) is 0 Å². The number of carbonyl (C=O) groups is 7. The predicted octanol–water partition coefficient (Wildman–Crippen LogP) is 2.69. The number of aliphatic hydroxyl groups excluding tert-OH is 4. The quantitative estimate of drug-likeness (QED) is 0.123. The first kappa shape index (κ1) is 56.7. The van der Waals surface area contributed by atoms with Gasteiger partial charge in [-0.05, 0) is 112 Å². The molecule has 0 aromatic carbocycles. The molecule has 1 aliphatic heterocycles. The Kier molecular flexibility index (Phi) is 28.3. The van der Waals surface area contributed by atoms with Gasteiger partial charge in [0.05, 0.1) is 24.4 Å². The first-order valence-corrected chi connectivity index (χ1v) is 19.7. The predicted molar refractivity (Wildman–Crippen MR) is 211 cm³/mol. The summed E-state index contributed by atoms with van der Waals surface area (Å²) in [5, 5.41) is 49.6. The van der Waals surface area contributed by atoms with Crippen LogP contribution in [0.25, 0.3) is 0 Å². The lowest BCUT2D eigenvalue weighted by atomic mass is 9.78. The van der Waals surface area contributed by atoms with Crippen LogP contribution in [-0.2, 0) is 42.9 Å². The average molecular weight is 837 g/mol. The van der Waals surface area contributed by atoms with Gasteiger partial charge in [-0.25, -0.2) is 9.59 Å². The highest BCUT2D eigenvalue weighted by atomic mass is 16.7. The highest BCUT2D eigenvalue weighted by Crippen LogP contribution is 2.34. The summed E-state index contributed by atoms with van der Waals surface area (Å²) in [5.41, 5.74) is -2.24. The maximum absolute atomic E-state index is 11.3. The number of amides is 2. The van der Waals surface area contributed by atoms with E-state index in [2.05, 4.69) is 24.5 Å². The first-order chi connectivity index (χ1) is 26.9. The summed E-state index contributed by atoms with van der Waals surface area (Å²) in [6.45, 7) is 16.1. The van der Waals surface area contributed by atoms with Gasteiger partial charge < -0.3 is 79.1 Å². The second-order valence-corrected chi connectivity index (χ2v) is 16.6. The van der Waals surface area contributed by atoms with Gasteiger partial charge in [-0.15, -0.1) is 0 Å². The summed E-state index contributed by atoms with van der Waals surface area (Å²) in [7, 11) is 0. The number of hydrogen-bond donors (Lipinski definition) is 7. The molecule has 6 atom stereocenters. The molecule has 3 aliphatic carbocycles. The van der Waals surface area contributed by atoms with E-state index in [-0.39, 0.29) is 0 Å². The van der Waals surface area contributed by atoms with Crippen molar-refractivity contribution >= 4 is 43.6 Å². The summed E-state index contributed by atoms with van der Waals surface area (Å²) in [5.74, 6) is 1.90. The van der Waals surface area contributed by atoms with Gasteiger partial charge in [0.25, 0.3) is 0 Å². The highest BCUT2D eigenvalue weighted by Gasteiger charge is 2.39. The van der Waals surface area contributed by atoms with Crippen molar-refractivity contribution in [3.05, 3.63) is 0 Å². The molecule has 4 fully saturated rings. The van der Waals surface area contributed by atoms with Gasteiger partial charge in [-0.3, -0.25) is 0 Å². The Balaban J connectivity index is 0. The van der Waals surface area contributed by atoms with Crippen molar-refractivity contribution in [2.45, 2.75) is 174 Å². The molecule has 0 aromatic heterocycles. The molecule has 1 saturated heterocycles. The number of rotatable bonds is 10. The van der Waals surface area contributed by atoms with E-state index in [1.54, 1.807) is 41.5 Å². The van der Waals surface area contributed by atoms with Crippen LogP contribution < -0.4 is 10.6 Å². The Hall–Kier alpha value is -3.39. The number of carbonyl (C=O) groups excluding carboxylic acids is 7. The molecule has 0 spiro atoms. The van der Waals surface area contributed by atoms with E-state index in [1.807, 2.05) is 0 Å². The fourth-order valence-electron chi connectivity index (χ4n) is 5.39. The topological polar surface area (TPSA) is 282 Å². The first-order valence-electron chi connectivity index (χ1n) is 19.7. The minimum absolute atomic E-state index is 0.319. The zero-order chi connectivity index (χ0) is 45.2. The van der Waals surface area contributed by atoms with Crippen LogP contribution in [0.4, 0.5) is 9.59 Å². The molecule has 4 aliphatic rings. The standard InChI is InChI=1S/C10H17NO3.C8H15NO3.C8H14O.C6H12O6.C6H10O2.C2H4O/c1-9(2,3)14-8(13)11-10(7-12)5-4-6-10;1-8(2,3)12-7(11)9-5-4-6-10;1-6-3-8(5-9)4-7(6)2;7-1-3-5(9)12-4(2-8)6(10)11-3;7-5-4-6(8)2-1-3-6;1-2-3/h7H,4-6H2,1-3H3,(H,11,13);6H,4-5H2,1-3H3,(H,9,11);5-8H,3-4H2,1-2H3;3-10H,1-2H2;5,8H,1-4H2;2H,1H3. The Bertz CT molecular complexity index is 1170. The minimum Gasteiger partial charge on any atom is -0.444 e. The molecule has 18 heteroatoms. The minimum atomic E-state index is -1.31. The lowest BCUT2D eigenvalue weighted by Crippen LogP contribution is -2.55. The molecule has 2 amide bonds. The van der Waals surface area contributed by atoms with Crippen LogP contribution >= 0.6 is 0 Å². The zero-order valence-electron chi connectivity index (χ0n) is 35.8. The van der Waals surface area contributed by atoms with E-state index >= 15 is 0 Å². The molecule has 18 nitrogen and oxygen atoms in total. The molecule has 6 unspecified atom stereocenters. The number of aliphatic hydroxyl groups is 5. The average Bonchev–Trinajstić information content (AvgIpc) is 3.43. The van der Waals surface area contributed by atoms with Gasteiger partial charge in [0.1, 0.15) is 54.8 Å². The summed E-state index contributed by atoms with van der Waals surface area (Å²) >= 11 is 0. The van der Waals surface area contributed by atoms with Crippen molar-refractivity contribution in [3.8, 4) is 0 Å². The number of hydrogen-bond acceptors (Lipinski definition) is 16. The van der Waals surface area contributed by atoms with Crippen molar-refractivity contribution in [2.75, 3.05) is 19.8 Å². The molecule has 0 radical (unpaired) electrons. The Morgan fingerprint density at radius 3 is 1.45 bits per heavy atom. The maximum Gasteiger partial charge on any atom is 0.408 e. The number of alkyl carbamates (subject to hydrolysis) is 2. The molecule has 338 valence electrons. The largest absolute Gasteiger partial charge is 0.444 e. The third-order valence-electron chi connectivity index (χ3n) is 9.04. The SMILES string of the molecule is CC(C)(C)OC(=O)NC1(C=O)CCC1.CC(C)(C)OC(=O)NCCC=O.CC1CC(C=O)CC1C.CC=O.O=CCC1(O)CCC1.OCC1OC(O)C(CO)OC1O. The van der Waals surface area contributed by atoms with E-state index < -0.39 is 72.5 Å². The molecule has 0 aromatic rings. The molecular weight excluding hydrogens is 764 g/mol. The molecule has 58 heavy (non-hydrogen) atoms. The molecule has 4 rings (SSSR count). The highest BCUT2D eigenvalue weighted by molar-refractivity contribution is 5.77. The van der Waals surface area contributed by atoms with E-state index in [4.69, 9.17) is 44.2 Å². The van der Waals surface area contributed by atoms with Gasteiger partial charge in [0.15, 0.2) is 12.6 Å². The Morgan fingerprint density at radius 2 is 1.19 bits per heavy atom. The molecule has 7 N–H and O–H groups in total. The maximum atomic E-state index is 11.3. The number of nitrogens with one attached hydrogen (secondary N) is 2. The van der Waals surface area contributed by atoms with Crippen LogP contribution in [0.5, 0.6) is 0 Å². The summed E-state index contributed by atoms with van der Waals surface area (Å²) in [4.78, 5) is 71.8. The normalized spacial score (nSPS) is 26.0. The van der Waals surface area contributed by atoms with Crippen molar-refractivity contribution in [1.29, 1.82) is 0 Å². The third kappa shape index (κ3) is 25.9. The van der Waals surface area contributed by atoms with Crippen molar-refractivity contribution in [2.24, 2.45) is 17.8 Å². The third-order valence-corrected chi connectivity index (χ3v) is 9.04. The molecule has 1 heterocycles. The summed E-state index contributed by atoms with van der Waals surface area (Å²) in [6.07, 6.45) is 6.67. The van der Waals surface area contributed by atoms with Gasteiger partial charge >= 0.3 is 12.2 Å². The van der Waals surface area contributed by atoms with Crippen LogP contribution in [0, 0.1) is 17.8 Å². The lowest BCUT2D eigenvalue weighted by Gasteiger charge is -2.37. The summed E-state index contributed by atoms with van der Waals surface area (Å²) in [6, 6.07) is 0. The van der Waals surface area contributed by atoms with Crippen molar-refractivity contribution in [1.82, 2.24) is 10.6 Å². The van der Waals surface area contributed by atoms with Crippen molar-refractivity contribution < 1.29 is 78.0 Å². The van der Waals surface area contributed by atoms with Gasteiger partial charge in [0, 0.05) is 25.3 Å². The van der Waals surface area contributed by atoms with Gasteiger partial charge in [0.2, 0.25) is 0 Å². The van der Waals surface area contributed by atoms with Crippen LogP contribution in [0.15, 0.2) is 0 Å². The second-order valence-electron chi connectivity index (χ2n) is 16.6. The zero-order valence-corrected chi connectivity index (χ0v) is 35.8. The van der Waals surface area contributed by atoms with E-state index in [9.17, 15) is 33.9 Å². The van der Waals surface area contributed by atoms with Crippen LogP contribution in [0.1, 0.15) is 127 Å². The van der Waals surface area contributed by atoms with E-state index in [0.717, 1.165) is 94.6 Å². The number of aldehydes is 5. The lowest BCUT2D eigenvalue weighted by molar-refractivity contribution is -0.338. The second kappa shape index (κ2) is 28.9. The van der Waals surface area contributed by atoms with Crippen LogP contribution in [0.2, 0.25) is 0 Å². The van der Waals surface area contributed by atoms with Gasteiger partial charge in [-0.1, -0.05) is 13.8 Å². The fourth-order valence-corrected chi connectivity index (χ4v) is 5.39. The Morgan fingerprint density at radius 1 is 0.759 bits per heavy atom. The smallest absolute Gasteiger partial charge is 0.408 e.